The minimum Gasteiger partial charge on any atom is -0.482 e. The highest BCUT2D eigenvalue weighted by Gasteiger charge is 2.32. The predicted octanol–water partition coefficient (Wildman–Crippen LogP) is 4.16. The summed E-state index contributed by atoms with van der Waals surface area (Å²) in [6, 6.07) is 14.2. The lowest BCUT2D eigenvalue weighted by Gasteiger charge is -2.35. The highest BCUT2D eigenvalue weighted by molar-refractivity contribution is 5.77. The van der Waals surface area contributed by atoms with Gasteiger partial charge in [-0.3, -0.25) is 0 Å². The van der Waals surface area contributed by atoms with Crippen LogP contribution in [0.25, 0.3) is 11.1 Å². The molecule has 1 heterocycles. The van der Waals surface area contributed by atoms with Crippen molar-refractivity contribution in [3.05, 3.63) is 53.1 Å². The number of nitriles is 1. The van der Waals surface area contributed by atoms with Crippen LogP contribution in [0.2, 0.25) is 0 Å². The smallest absolute Gasteiger partial charge is 0.129 e. The molecule has 0 unspecified atom stereocenters. The van der Waals surface area contributed by atoms with Crippen LogP contribution in [0.1, 0.15) is 30.5 Å². The molecule has 0 aliphatic carbocycles. The van der Waals surface area contributed by atoms with Gasteiger partial charge in [-0.25, -0.2) is 0 Å². The fraction of sp³-hybridized carbons (Fsp3) is 0.235. The molecule has 3 rings (SSSR count). The Kier molecular flexibility index (Phi) is 2.40. The molecule has 0 bridgehead atoms. The Morgan fingerprint density at radius 3 is 2.53 bits per heavy atom. The van der Waals surface area contributed by atoms with Crippen LogP contribution in [0.5, 0.6) is 5.75 Å². The summed E-state index contributed by atoms with van der Waals surface area (Å²) >= 11 is 0. The van der Waals surface area contributed by atoms with Crippen LogP contribution in [-0.2, 0) is 5.60 Å². The molecule has 19 heavy (non-hydrogen) atoms. The van der Waals surface area contributed by atoms with Gasteiger partial charge in [-0.2, -0.15) is 5.26 Å². The highest BCUT2D eigenvalue weighted by Crippen LogP contribution is 2.45. The van der Waals surface area contributed by atoms with E-state index in [0.717, 1.165) is 22.4 Å². The minimum atomic E-state index is -0.414. The van der Waals surface area contributed by atoms with Gasteiger partial charge < -0.3 is 4.74 Å². The molecule has 0 aromatic heterocycles. The van der Waals surface area contributed by atoms with Crippen LogP contribution in [0.4, 0.5) is 0 Å². The fourth-order valence-corrected chi connectivity index (χ4v) is 2.61. The molecule has 1 aliphatic rings. The molecular formula is C17H15NO. The van der Waals surface area contributed by atoms with Gasteiger partial charge in [-0.15, -0.1) is 0 Å². The Morgan fingerprint density at radius 1 is 1.05 bits per heavy atom. The van der Waals surface area contributed by atoms with Gasteiger partial charge in [0.2, 0.25) is 0 Å². The van der Waals surface area contributed by atoms with Crippen molar-refractivity contribution < 1.29 is 4.74 Å². The third-order valence-corrected chi connectivity index (χ3v) is 3.59. The molecule has 0 amide bonds. The van der Waals surface area contributed by atoms with Gasteiger partial charge in [0.1, 0.15) is 11.4 Å². The monoisotopic (exact) mass is 249 g/mol. The molecule has 2 nitrogen and oxygen atoms in total. The predicted molar refractivity (Wildman–Crippen MR) is 75.0 cm³/mol. The van der Waals surface area contributed by atoms with Crippen LogP contribution in [-0.4, -0.2) is 0 Å². The average Bonchev–Trinajstić information content (AvgIpc) is 2.37. The van der Waals surface area contributed by atoms with E-state index in [1.807, 2.05) is 32.0 Å². The highest BCUT2D eigenvalue weighted by atomic mass is 16.5. The molecule has 94 valence electrons. The molecular weight excluding hydrogens is 234 g/mol. The topological polar surface area (TPSA) is 33.0 Å². The second kappa shape index (κ2) is 3.86. The number of aryl methyl sites for hydroxylation is 1. The first-order valence-electron chi connectivity index (χ1n) is 6.36. The molecule has 0 saturated heterocycles. The van der Waals surface area contributed by atoms with Crippen molar-refractivity contribution in [3.8, 4) is 22.9 Å². The van der Waals surface area contributed by atoms with Gasteiger partial charge in [0.25, 0.3) is 0 Å². The van der Waals surface area contributed by atoms with E-state index in [-0.39, 0.29) is 0 Å². The van der Waals surface area contributed by atoms with Gasteiger partial charge in [0, 0.05) is 11.1 Å². The number of ether oxygens (including phenoxy) is 1. The average molecular weight is 249 g/mol. The Bertz CT molecular complexity index is 708. The van der Waals surface area contributed by atoms with E-state index in [2.05, 4.69) is 31.2 Å². The molecule has 0 atom stereocenters. The molecule has 0 saturated carbocycles. The van der Waals surface area contributed by atoms with Gasteiger partial charge in [0.05, 0.1) is 11.6 Å². The lowest BCUT2D eigenvalue weighted by atomic mass is 9.85. The number of fused-ring (bicyclic) bond motifs is 3. The van der Waals surface area contributed by atoms with Crippen molar-refractivity contribution in [3.63, 3.8) is 0 Å². The van der Waals surface area contributed by atoms with Gasteiger partial charge in [0.15, 0.2) is 0 Å². The fourth-order valence-electron chi connectivity index (χ4n) is 2.61. The first kappa shape index (κ1) is 11.8. The van der Waals surface area contributed by atoms with Crippen molar-refractivity contribution in [2.24, 2.45) is 0 Å². The van der Waals surface area contributed by atoms with Crippen LogP contribution in [0.3, 0.4) is 0 Å². The molecule has 1 aliphatic heterocycles. The second-order valence-electron chi connectivity index (χ2n) is 5.48. The van der Waals surface area contributed by atoms with Gasteiger partial charge >= 0.3 is 0 Å². The molecule has 2 aromatic rings. The second-order valence-corrected chi connectivity index (χ2v) is 5.48. The van der Waals surface area contributed by atoms with Crippen LogP contribution in [0, 0.1) is 18.3 Å². The summed E-state index contributed by atoms with van der Waals surface area (Å²) in [4.78, 5) is 0. The van der Waals surface area contributed by atoms with E-state index in [0.29, 0.717) is 5.56 Å². The molecule has 0 N–H and O–H groups in total. The number of benzene rings is 2. The largest absolute Gasteiger partial charge is 0.482 e. The molecule has 0 spiro atoms. The summed E-state index contributed by atoms with van der Waals surface area (Å²) in [5, 5.41) is 9.05. The lowest BCUT2D eigenvalue weighted by Crippen LogP contribution is -2.29. The maximum atomic E-state index is 9.05. The summed E-state index contributed by atoms with van der Waals surface area (Å²) in [7, 11) is 0. The Labute approximate surface area is 113 Å². The van der Waals surface area contributed by atoms with Gasteiger partial charge in [-0.1, -0.05) is 18.2 Å². The molecule has 2 heteroatoms. The SMILES string of the molecule is Cc1ccc2c(c1)OC(C)(C)c1cc(C#N)ccc1-2. The Hall–Kier alpha value is -2.27. The van der Waals surface area contributed by atoms with Crippen molar-refractivity contribution in [1.29, 1.82) is 5.26 Å². The summed E-state index contributed by atoms with van der Waals surface area (Å²) in [5.41, 5.74) is 4.78. The third-order valence-electron chi connectivity index (χ3n) is 3.59. The zero-order valence-electron chi connectivity index (χ0n) is 11.3. The molecule has 2 aromatic carbocycles. The third kappa shape index (κ3) is 1.79. The summed E-state index contributed by atoms with van der Waals surface area (Å²) in [6.07, 6.45) is 0. The summed E-state index contributed by atoms with van der Waals surface area (Å²) < 4.78 is 6.12. The van der Waals surface area contributed by atoms with Crippen molar-refractivity contribution in [2.45, 2.75) is 26.4 Å². The maximum Gasteiger partial charge on any atom is 0.129 e. The number of hydrogen-bond donors (Lipinski definition) is 0. The Balaban J connectivity index is 2.31. The van der Waals surface area contributed by atoms with E-state index in [4.69, 9.17) is 10.00 Å². The van der Waals surface area contributed by atoms with Crippen LogP contribution in [0.15, 0.2) is 36.4 Å². The van der Waals surface area contributed by atoms with Crippen LogP contribution < -0.4 is 4.74 Å². The van der Waals surface area contributed by atoms with Crippen molar-refractivity contribution in [1.82, 2.24) is 0 Å². The quantitative estimate of drug-likeness (QED) is 0.702. The number of rotatable bonds is 0. The summed E-state index contributed by atoms with van der Waals surface area (Å²) in [6.45, 7) is 6.14. The Morgan fingerprint density at radius 2 is 1.79 bits per heavy atom. The standard InChI is InChI=1S/C17H15NO/c1-11-4-6-14-13-7-5-12(10-18)9-15(13)17(2,3)19-16(14)8-11/h4-9H,1-3H3. The van der Waals surface area contributed by atoms with E-state index >= 15 is 0 Å². The molecule has 0 radical (unpaired) electrons. The van der Waals surface area contributed by atoms with Crippen molar-refractivity contribution in [2.75, 3.05) is 0 Å². The number of nitrogens with zero attached hydrogens (tertiary/aromatic N) is 1. The van der Waals surface area contributed by atoms with E-state index in [9.17, 15) is 0 Å². The normalized spacial score (nSPS) is 14.8. The number of hydrogen-bond acceptors (Lipinski definition) is 2. The zero-order valence-corrected chi connectivity index (χ0v) is 11.3. The maximum absolute atomic E-state index is 9.05. The van der Waals surface area contributed by atoms with Crippen LogP contribution >= 0.6 is 0 Å². The van der Waals surface area contributed by atoms with E-state index in [1.165, 1.54) is 5.56 Å². The first-order chi connectivity index (χ1) is 9.01. The lowest BCUT2D eigenvalue weighted by molar-refractivity contribution is 0.105. The molecule has 0 fully saturated rings. The van der Waals surface area contributed by atoms with Crippen molar-refractivity contribution >= 4 is 0 Å². The van der Waals surface area contributed by atoms with E-state index in [1.54, 1.807) is 0 Å². The first-order valence-corrected chi connectivity index (χ1v) is 6.36. The van der Waals surface area contributed by atoms with Gasteiger partial charge in [-0.05, 0) is 50.1 Å². The van der Waals surface area contributed by atoms with E-state index < -0.39 is 5.60 Å². The minimum absolute atomic E-state index is 0.414. The summed E-state index contributed by atoms with van der Waals surface area (Å²) in [5.74, 6) is 0.919. The zero-order chi connectivity index (χ0) is 13.6.